The van der Waals surface area contributed by atoms with Gasteiger partial charge >= 0.3 is 11.9 Å². The number of carboxylic acids is 1. The number of allylic oxidation sites excluding steroid dienone is 38. The number of esters is 2. The van der Waals surface area contributed by atoms with Crippen LogP contribution in [0.2, 0.25) is 0 Å². The van der Waals surface area contributed by atoms with Crippen LogP contribution in [-0.4, -0.2) is 82.3 Å². The molecule has 9 nitrogen and oxygen atoms in total. The zero-order valence-corrected chi connectivity index (χ0v) is 67.2. The summed E-state index contributed by atoms with van der Waals surface area (Å²) in [5, 5.41) is 11.9. The monoisotopic (exact) mass is 1450 g/mol. The molecular formula is C96H151NO8. The van der Waals surface area contributed by atoms with E-state index in [1.165, 1.54) is 96.3 Å². The Kier molecular flexibility index (Phi) is 77.7. The van der Waals surface area contributed by atoms with E-state index in [2.05, 4.69) is 245 Å². The van der Waals surface area contributed by atoms with Crippen LogP contribution in [-0.2, 0) is 33.3 Å². The van der Waals surface area contributed by atoms with Crippen LogP contribution < -0.4 is 5.11 Å². The van der Waals surface area contributed by atoms with E-state index in [1.807, 2.05) is 21.1 Å². The maximum atomic E-state index is 13.0. The van der Waals surface area contributed by atoms with Gasteiger partial charge in [0.05, 0.1) is 40.3 Å². The zero-order valence-electron chi connectivity index (χ0n) is 67.2. The summed E-state index contributed by atoms with van der Waals surface area (Å²) < 4.78 is 22.8. The third-order valence-electron chi connectivity index (χ3n) is 16.9. The van der Waals surface area contributed by atoms with Crippen molar-refractivity contribution in [2.75, 3.05) is 47.5 Å². The lowest BCUT2D eigenvalue weighted by Gasteiger charge is -2.26. The van der Waals surface area contributed by atoms with Crippen molar-refractivity contribution < 1.29 is 42.9 Å². The molecule has 0 fully saturated rings. The van der Waals surface area contributed by atoms with Crippen molar-refractivity contribution in [1.29, 1.82) is 0 Å². The molecule has 0 spiro atoms. The number of hydrogen-bond donors (Lipinski definition) is 0. The molecule has 0 aliphatic carbocycles. The normalized spacial score (nSPS) is 13.9. The number of hydrogen-bond acceptors (Lipinski definition) is 8. The van der Waals surface area contributed by atoms with Gasteiger partial charge in [0.15, 0.2) is 12.4 Å². The van der Waals surface area contributed by atoms with Crippen LogP contribution in [0.5, 0.6) is 0 Å². The molecule has 105 heavy (non-hydrogen) atoms. The van der Waals surface area contributed by atoms with Crippen molar-refractivity contribution in [3.63, 3.8) is 0 Å². The molecule has 0 amide bonds. The fraction of sp³-hybridized carbons (Fsp3) is 0.573. The number of carbonyl (C=O) groups excluding carboxylic acids is 3. The summed E-state index contributed by atoms with van der Waals surface area (Å²) in [4.78, 5) is 37.6. The zero-order chi connectivity index (χ0) is 76.0. The first kappa shape index (κ1) is 98.4. The van der Waals surface area contributed by atoms with E-state index < -0.39 is 24.3 Å². The van der Waals surface area contributed by atoms with Crippen LogP contribution >= 0.6 is 0 Å². The highest BCUT2D eigenvalue weighted by molar-refractivity contribution is 5.70. The summed E-state index contributed by atoms with van der Waals surface area (Å²) in [6, 6.07) is 0. The lowest BCUT2D eigenvalue weighted by atomic mass is 10.0. The molecule has 0 rings (SSSR count). The molecule has 9 heteroatoms. The maximum Gasteiger partial charge on any atom is 0.306 e. The Bertz CT molecular complexity index is 2590. The number of ether oxygens (including phenoxy) is 4. The Hall–Kier alpha value is -6.65. The minimum absolute atomic E-state index is 0.132. The summed E-state index contributed by atoms with van der Waals surface area (Å²) in [7, 11) is 5.91. The SMILES string of the molecule is CC/C=C\C/C=C\C/C=C\C/C=C\C/C=C\C/C=C\C/C=C\C/C=C\C/C=C\C/C=C\C/C=C\C/C=C\CCCCCCC(=O)OC(COC(=O)CCCCCCCCCCCCCCCCCCC/C=C\C/C=C\C/C=C\C/C=C\C/C=C\C/C=C\C/C=C\CC)COC(OCC[N+](C)(C)C)C(=O)[O-]. The lowest BCUT2D eigenvalue weighted by Crippen LogP contribution is -2.44. The highest BCUT2D eigenvalue weighted by atomic mass is 16.7. The van der Waals surface area contributed by atoms with Gasteiger partial charge in [0, 0.05) is 12.8 Å². The molecule has 0 aromatic heterocycles. The van der Waals surface area contributed by atoms with Crippen molar-refractivity contribution in [2.45, 2.75) is 309 Å². The van der Waals surface area contributed by atoms with Gasteiger partial charge in [-0.3, -0.25) is 9.59 Å². The van der Waals surface area contributed by atoms with E-state index >= 15 is 0 Å². The van der Waals surface area contributed by atoms with E-state index in [0.29, 0.717) is 17.4 Å². The Balaban J connectivity index is 4.15. The molecule has 0 aromatic carbocycles. The third-order valence-corrected chi connectivity index (χ3v) is 16.9. The van der Waals surface area contributed by atoms with Crippen LogP contribution in [0, 0.1) is 0 Å². The second-order valence-corrected chi connectivity index (χ2v) is 27.9. The van der Waals surface area contributed by atoms with E-state index in [9.17, 15) is 19.5 Å². The van der Waals surface area contributed by atoms with Gasteiger partial charge in [-0.1, -0.05) is 354 Å². The summed E-state index contributed by atoms with van der Waals surface area (Å²) in [5.41, 5.74) is 0. The average Bonchev–Trinajstić information content (AvgIpc) is 1.18. The molecule has 0 radical (unpaired) electrons. The second kappa shape index (κ2) is 83.0. The first-order valence-electron chi connectivity index (χ1n) is 41.5. The Morgan fingerprint density at radius 1 is 0.286 bits per heavy atom. The number of carbonyl (C=O) groups is 3. The Morgan fingerprint density at radius 3 is 0.762 bits per heavy atom. The van der Waals surface area contributed by atoms with Gasteiger partial charge < -0.3 is 33.3 Å². The minimum atomic E-state index is -1.64. The molecule has 0 heterocycles. The third kappa shape index (κ3) is 84.5. The van der Waals surface area contributed by atoms with Crippen LogP contribution in [0.1, 0.15) is 296 Å². The predicted octanol–water partition coefficient (Wildman–Crippen LogP) is 26.0. The number of nitrogens with zero attached hydrogens (tertiary/aromatic N) is 1. The number of rotatable bonds is 74. The first-order chi connectivity index (χ1) is 51.6. The fourth-order valence-corrected chi connectivity index (χ4v) is 10.7. The molecule has 588 valence electrons. The van der Waals surface area contributed by atoms with Crippen molar-refractivity contribution in [3.05, 3.63) is 231 Å². The van der Waals surface area contributed by atoms with Crippen molar-refractivity contribution >= 4 is 17.9 Å². The fourth-order valence-electron chi connectivity index (χ4n) is 10.7. The highest BCUT2D eigenvalue weighted by Crippen LogP contribution is 2.17. The molecule has 0 N–H and O–H groups in total. The lowest BCUT2D eigenvalue weighted by molar-refractivity contribution is -0.870. The van der Waals surface area contributed by atoms with Crippen LogP contribution in [0.15, 0.2) is 231 Å². The largest absolute Gasteiger partial charge is 0.545 e. The smallest absolute Gasteiger partial charge is 0.306 e. The Labute approximate surface area is 644 Å². The molecule has 0 aliphatic rings. The standard InChI is InChI=1S/C96H151NO8/c1-6-8-10-12-14-16-18-20-22-24-26-28-30-32-34-36-38-40-42-44-46-47-49-51-53-55-57-59-61-63-65-67-69-71-73-75-77-79-81-83-85-87-94(99)105-92(91-104-96(95(100)101)102-89-88-97(3,4)5)90-103-93(98)86-84-82-80-78-76-74-72-70-68-66-64-62-60-58-56-54-52-50-48-45-43-41-39-37-35-33-31-29-27-25-23-21-19-17-15-13-11-9-7-2/h8-11,14-17,20-23,26-29,32-35,38-41,44-46,48-49,51,55,57,61,63,67,69,73,75,92,96H,6-7,12-13,18-19,24-25,30-31,36-37,42-43,47,50,52-54,56,58-60,62,64-66,68,70-72,74,76-91H2,1-5H3/b10-8-,11-9-,16-14-,17-15-,22-20-,23-21-,28-26-,29-27-,34-32-,35-33-,40-38-,41-39-,46-44-,48-45-,51-49-,57-55-,63-61-,69-67-,75-73-. The molecule has 0 saturated heterocycles. The van der Waals surface area contributed by atoms with Crippen molar-refractivity contribution in [1.82, 2.24) is 0 Å². The van der Waals surface area contributed by atoms with Gasteiger partial charge in [0.1, 0.15) is 13.2 Å². The summed E-state index contributed by atoms with van der Waals surface area (Å²) in [5.74, 6) is -2.33. The van der Waals surface area contributed by atoms with Gasteiger partial charge in [0.25, 0.3) is 0 Å². The first-order valence-corrected chi connectivity index (χ1v) is 41.5. The summed E-state index contributed by atoms with van der Waals surface area (Å²) in [6.07, 6.45) is 129. The summed E-state index contributed by atoms with van der Waals surface area (Å²) >= 11 is 0. The topological polar surface area (TPSA) is 111 Å². The molecule has 0 aliphatic heterocycles. The molecule has 0 saturated carbocycles. The van der Waals surface area contributed by atoms with E-state index in [0.717, 1.165) is 167 Å². The molecule has 2 unspecified atom stereocenters. The van der Waals surface area contributed by atoms with E-state index in [1.54, 1.807) is 0 Å². The molecule has 0 aromatic rings. The van der Waals surface area contributed by atoms with Gasteiger partial charge in [0.2, 0.25) is 0 Å². The molecule has 0 bridgehead atoms. The predicted molar refractivity (Wildman–Crippen MR) is 453 cm³/mol. The Morgan fingerprint density at radius 2 is 0.514 bits per heavy atom. The average molecular weight is 1450 g/mol. The number of carboxylic acid groups (broad SMARTS) is 1. The quantitative estimate of drug-likeness (QED) is 0.0195. The van der Waals surface area contributed by atoms with Crippen LogP contribution in [0.25, 0.3) is 0 Å². The minimum Gasteiger partial charge on any atom is -0.545 e. The van der Waals surface area contributed by atoms with E-state index in [4.69, 9.17) is 18.9 Å². The van der Waals surface area contributed by atoms with Gasteiger partial charge in [-0.15, -0.1) is 0 Å². The van der Waals surface area contributed by atoms with Gasteiger partial charge in [-0.25, -0.2) is 0 Å². The molecular weight excluding hydrogens is 1300 g/mol. The van der Waals surface area contributed by atoms with Gasteiger partial charge in [-0.2, -0.15) is 0 Å². The van der Waals surface area contributed by atoms with Crippen LogP contribution in [0.4, 0.5) is 0 Å². The number of likely N-dealkylation sites (N-methyl/N-ethyl adjacent to an activating group) is 1. The van der Waals surface area contributed by atoms with Crippen molar-refractivity contribution in [2.24, 2.45) is 0 Å². The van der Waals surface area contributed by atoms with Gasteiger partial charge in [-0.05, 0) is 161 Å². The maximum absolute atomic E-state index is 13.0. The number of unbranched alkanes of at least 4 members (excludes halogenated alkanes) is 21. The van der Waals surface area contributed by atoms with Crippen molar-refractivity contribution in [3.8, 4) is 0 Å². The molecule has 2 atom stereocenters. The summed E-state index contributed by atoms with van der Waals surface area (Å²) in [6.45, 7) is 4.48. The second-order valence-electron chi connectivity index (χ2n) is 27.9. The number of aliphatic carboxylic acids is 1. The number of quaternary nitrogens is 1. The highest BCUT2D eigenvalue weighted by Gasteiger charge is 2.22. The van der Waals surface area contributed by atoms with Crippen LogP contribution in [0.3, 0.4) is 0 Å². The van der Waals surface area contributed by atoms with E-state index in [-0.39, 0.29) is 38.6 Å².